The van der Waals surface area contributed by atoms with Crippen LogP contribution in [0.2, 0.25) is 5.02 Å². The average Bonchev–Trinajstić information content (AvgIpc) is 2.65. The van der Waals surface area contributed by atoms with Crippen molar-refractivity contribution >= 4 is 45.9 Å². The fraction of sp³-hybridized carbons (Fsp3) is 0.286. The molecule has 0 atom stereocenters. The van der Waals surface area contributed by atoms with Gasteiger partial charge in [-0.15, -0.1) is 0 Å². The third kappa shape index (κ3) is 4.56. The molecule has 0 radical (unpaired) electrons. The van der Waals surface area contributed by atoms with E-state index in [2.05, 4.69) is 10.3 Å². The number of benzene rings is 2. The number of rotatable bonds is 6. The van der Waals surface area contributed by atoms with Crippen molar-refractivity contribution in [3.05, 3.63) is 62.9 Å². The van der Waals surface area contributed by atoms with Gasteiger partial charge in [0.1, 0.15) is 0 Å². The second kappa shape index (κ2) is 8.80. The zero-order chi connectivity index (χ0) is 20.3. The number of aryl methyl sites for hydroxylation is 2. The van der Waals surface area contributed by atoms with E-state index in [9.17, 15) is 9.59 Å². The largest absolute Gasteiger partial charge is 0.325 e. The van der Waals surface area contributed by atoms with Crippen molar-refractivity contribution in [1.29, 1.82) is 0 Å². The van der Waals surface area contributed by atoms with Crippen molar-refractivity contribution in [3.8, 4) is 0 Å². The smallest absolute Gasteiger partial charge is 0.262 e. The van der Waals surface area contributed by atoms with Crippen LogP contribution in [0.15, 0.2) is 46.3 Å². The summed E-state index contributed by atoms with van der Waals surface area (Å²) >= 11 is 7.30. The molecule has 1 heterocycles. The number of fused-ring (bicyclic) bond motifs is 1. The number of aromatic nitrogens is 2. The number of hydrogen-bond donors (Lipinski definition) is 1. The standard InChI is InChI=1S/C21H22ClN3O2S/c1-4-9-25-20(27)16-7-6-15(22)11-18(16)24-21(25)28-12-19(26)23-17-8-5-13(2)10-14(17)3/h5-8,10-11H,4,9,12H2,1-3H3,(H,23,26). The van der Waals surface area contributed by atoms with Crippen molar-refractivity contribution in [1.82, 2.24) is 9.55 Å². The summed E-state index contributed by atoms with van der Waals surface area (Å²) in [5, 5.41) is 4.50. The van der Waals surface area contributed by atoms with E-state index >= 15 is 0 Å². The fourth-order valence-corrected chi connectivity index (χ4v) is 3.97. The van der Waals surface area contributed by atoms with E-state index in [0.29, 0.717) is 27.6 Å². The maximum atomic E-state index is 12.8. The van der Waals surface area contributed by atoms with Crippen molar-refractivity contribution < 1.29 is 4.79 Å². The first-order valence-corrected chi connectivity index (χ1v) is 10.5. The third-order valence-corrected chi connectivity index (χ3v) is 5.53. The lowest BCUT2D eigenvalue weighted by molar-refractivity contribution is -0.113. The summed E-state index contributed by atoms with van der Waals surface area (Å²) in [6, 6.07) is 10.9. The lowest BCUT2D eigenvalue weighted by Gasteiger charge is -2.13. The van der Waals surface area contributed by atoms with Gasteiger partial charge < -0.3 is 5.32 Å². The number of nitrogens with one attached hydrogen (secondary N) is 1. The number of halogens is 1. The van der Waals surface area contributed by atoms with Gasteiger partial charge in [0.15, 0.2) is 5.16 Å². The van der Waals surface area contributed by atoms with Gasteiger partial charge in [-0.1, -0.05) is 48.0 Å². The third-order valence-electron chi connectivity index (χ3n) is 4.32. The first-order valence-electron chi connectivity index (χ1n) is 9.09. The number of anilines is 1. The van der Waals surface area contributed by atoms with E-state index < -0.39 is 0 Å². The maximum Gasteiger partial charge on any atom is 0.262 e. The van der Waals surface area contributed by atoms with Crippen LogP contribution in [-0.4, -0.2) is 21.2 Å². The molecule has 0 aliphatic carbocycles. The van der Waals surface area contributed by atoms with Gasteiger partial charge >= 0.3 is 0 Å². The van der Waals surface area contributed by atoms with Crippen LogP contribution in [0.1, 0.15) is 24.5 Å². The molecule has 0 aliphatic heterocycles. The number of thioether (sulfide) groups is 1. The Hall–Kier alpha value is -2.31. The molecule has 0 unspecified atom stereocenters. The molecule has 0 spiro atoms. The summed E-state index contributed by atoms with van der Waals surface area (Å²) in [7, 11) is 0. The summed E-state index contributed by atoms with van der Waals surface area (Å²) in [4.78, 5) is 29.8. The normalized spacial score (nSPS) is 11.0. The van der Waals surface area contributed by atoms with E-state index in [1.54, 1.807) is 22.8 Å². The maximum absolute atomic E-state index is 12.8. The highest BCUT2D eigenvalue weighted by molar-refractivity contribution is 7.99. The monoisotopic (exact) mass is 415 g/mol. The molecule has 2 aromatic carbocycles. The van der Waals surface area contributed by atoms with Crippen LogP contribution in [0.5, 0.6) is 0 Å². The van der Waals surface area contributed by atoms with Gasteiger partial charge in [0.25, 0.3) is 5.56 Å². The van der Waals surface area contributed by atoms with Crippen LogP contribution in [0, 0.1) is 13.8 Å². The summed E-state index contributed by atoms with van der Waals surface area (Å²) in [5.74, 6) is 0.0238. The van der Waals surface area contributed by atoms with Crippen LogP contribution in [0.4, 0.5) is 5.69 Å². The van der Waals surface area contributed by atoms with Crippen LogP contribution < -0.4 is 10.9 Å². The minimum Gasteiger partial charge on any atom is -0.325 e. The van der Waals surface area contributed by atoms with Crippen LogP contribution in [-0.2, 0) is 11.3 Å². The SMILES string of the molecule is CCCn1c(SCC(=O)Nc2ccc(C)cc2C)nc2cc(Cl)ccc2c1=O. The Bertz CT molecular complexity index is 1090. The second-order valence-electron chi connectivity index (χ2n) is 6.67. The summed E-state index contributed by atoms with van der Waals surface area (Å²) in [5.41, 5.74) is 3.38. The minimum atomic E-state index is -0.138. The Kier molecular flexibility index (Phi) is 6.42. The quantitative estimate of drug-likeness (QED) is 0.463. The molecule has 1 aromatic heterocycles. The second-order valence-corrected chi connectivity index (χ2v) is 8.05. The van der Waals surface area contributed by atoms with Crippen LogP contribution in [0.3, 0.4) is 0 Å². The molecule has 0 bridgehead atoms. The van der Waals surface area contributed by atoms with E-state index in [1.807, 2.05) is 39.0 Å². The van der Waals surface area contributed by atoms with E-state index in [1.165, 1.54) is 11.8 Å². The van der Waals surface area contributed by atoms with Crippen LogP contribution >= 0.6 is 23.4 Å². The van der Waals surface area contributed by atoms with Crippen molar-refractivity contribution in [2.24, 2.45) is 0 Å². The van der Waals surface area contributed by atoms with Gasteiger partial charge in [-0.25, -0.2) is 4.98 Å². The molecule has 0 saturated heterocycles. The Labute approximate surface area is 173 Å². The lowest BCUT2D eigenvalue weighted by atomic mass is 10.1. The van der Waals surface area contributed by atoms with E-state index in [0.717, 1.165) is 23.2 Å². The molecule has 5 nitrogen and oxygen atoms in total. The Morgan fingerprint density at radius 1 is 1.21 bits per heavy atom. The fourth-order valence-electron chi connectivity index (χ4n) is 2.98. The molecule has 146 valence electrons. The van der Waals surface area contributed by atoms with Gasteiger partial charge in [-0.05, 0) is 50.1 Å². The van der Waals surface area contributed by atoms with Crippen LogP contribution in [0.25, 0.3) is 10.9 Å². The van der Waals surface area contributed by atoms with Gasteiger partial charge in [0.2, 0.25) is 5.91 Å². The molecule has 0 saturated carbocycles. The average molecular weight is 416 g/mol. The summed E-state index contributed by atoms with van der Waals surface area (Å²) in [6.07, 6.45) is 0.795. The molecular formula is C21H22ClN3O2S. The van der Waals surface area contributed by atoms with E-state index in [-0.39, 0.29) is 17.2 Å². The van der Waals surface area contributed by atoms with Gasteiger partial charge in [0.05, 0.1) is 16.7 Å². The predicted molar refractivity (Wildman–Crippen MR) is 117 cm³/mol. The highest BCUT2D eigenvalue weighted by Gasteiger charge is 2.14. The molecule has 3 aromatic rings. The molecule has 1 N–H and O–H groups in total. The van der Waals surface area contributed by atoms with Crippen molar-refractivity contribution in [2.75, 3.05) is 11.1 Å². The predicted octanol–water partition coefficient (Wildman–Crippen LogP) is 4.81. The molecule has 0 aliphatic rings. The topological polar surface area (TPSA) is 64.0 Å². The molecule has 28 heavy (non-hydrogen) atoms. The molecule has 0 fully saturated rings. The van der Waals surface area contributed by atoms with Gasteiger partial charge in [-0.2, -0.15) is 0 Å². The lowest BCUT2D eigenvalue weighted by Crippen LogP contribution is -2.24. The zero-order valence-electron chi connectivity index (χ0n) is 16.1. The highest BCUT2D eigenvalue weighted by Crippen LogP contribution is 2.22. The summed E-state index contributed by atoms with van der Waals surface area (Å²) < 4.78 is 1.63. The molecule has 7 heteroatoms. The first-order chi connectivity index (χ1) is 13.4. The molecule has 3 rings (SSSR count). The minimum absolute atomic E-state index is 0.110. The van der Waals surface area contributed by atoms with E-state index in [4.69, 9.17) is 11.6 Å². The highest BCUT2D eigenvalue weighted by atomic mass is 35.5. The Morgan fingerprint density at radius 3 is 2.71 bits per heavy atom. The molecular weight excluding hydrogens is 394 g/mol. The summed E-state index contributed by atoms with van der Waals surface area (Å²) in [6.45, 7) is 6.52. The van der Waals surface area contributed by atoms with Gasteiger partial charge in [-0.3, -0.25) is 14.2 Å². The van der Waals surface area contributed by atoms with Crippen molar-refractivity contribution in [3.63, 3.8) is 0 Å². The number of carbonyl (C=O) groups excluding carboxylic acids is 1. The number of hydrogen-bond acceptors (Lipinski definition) is 4. The number of amides is 1. The molecule has 1 amide bonds. The zero-order valence-corrected chi connectivity index (χ0v) is 17.7. The first kappa shape index (κ1) is 20.4. The van der Waals surface area contributed by atoms with Crippen molar-refractivity contribution in [2.45, 2.75) is 38.9 Å². The number of nitrogens with zero attached hydrogens (tertiary/aromatic N) is 2. The van der Waals surface area contributed by atoms with Gasteiger partial charge in [0, 0.05) is 17.3 Å². The Morgan fingerprint density at radius 2 is 2.00 bits per heavy atom. The Balaban J connectivity index is 1.83. The number of carbonyl (C=O) groups is 1.